The highest BCUT2D eigenvalue weighted by molar-refractivity contribution is 7.13. The molecule has 134 valence electrons. The molecule has 5 nitrogen and oxygen atoms in total. The van der Waals surface area contributed by atoms with Gasteiger partial charge in [0.2, 0.25) is 5.91 Å². The van der Waals surface area contributed by atoms with E-state index < -0.39 is 0 Å². The zero-order valence-electron chi connectivity index (χ0n) is 13.8. The summed E-state index contributed by atoms with van der Waals surface area (Å²) in [7, 11) is 1.53. The van der Waals surface area contributed by atoms with Gasteiger partial charge in [-0.05, 0) is 36.4 Å². The molecule has 2 N–H and O–H groups in total. The first-order valence-corrected chi connectivity index (χ1v) is 9.27. The van der Waals surface area contributed by atoms with Crippen molar-refractivity contribution in [3.05, 3.63) is 63.6 Å². The van der Waals surface area contributed by atoms with Crippen LogP contribution in [0.1, 0.15) is 5.69 Å². The summed E-state index contributed by atoms with van der Waals surface area (Å²) in [5.41, 5.74) is 2.03. The quantitative estimate of drug-likeness (QED) is 0.575. The normalized spacial score (nSPS) is 10.4. The Morgan fingerprint density at radius 3 is 2.77 bits per heavy atom. The van der Waals surface area contributed by atoms with Crippen molar-refractivity contribution in [1.29, 1.82) is 0 Å². The molecule has 0 bridgehead atoms. The van der Waals surface area contributed by atoms with Crippen molar-refractivity contribution in [1.82, 2.24) is 4.98 Å². The summed E-state index contributed by atoms with van der Waals surface area (Å²) in [4.78, 5) is 16.7. The first-order valence-electron chi connectivity index (χ1n) is 7.64. The Bertz CT molecular complexity index is 930. The van der Waals surface area contributed by atoms with E-state index in [9.17, 15) is 4.79 Å². The fraction of sp³-hybridized carbons (Fsp3) is 0.111. The minimum Gasteiger partial charge on any atom is -0.495 e. The van der Waals surface area contributed by atoms with Crippen LogP contribution in [0.25, 0.3) is 0 Å². The molecule has 0 atom stereocenters. The van der Waals surface area contributed by atoms with Gasteiger partial charge in [0.15, 0.2) is 5.13 Å². The van der Waals surface area contributed by atoms with Crippen LogP contribution >= 0.6 is 34.5 Å². The number of aromatic nitrogens is 1. The van der Waals surface area contributed by atoms with Gasteiger partial charge in [-0.1, -0.05) is 29.3 Å². The average molecular weight is 408 g/mol. The molecular weight excluding hydrogens is 393 g/mol. The van der Waals surface area contributed by atoms with Crippen molar-refractivity contribution >= 4 is 57.0 Å². The van der Waals surface area contributed by atoms with Gasteiger partial charge in [-0.3, -0.25) is 4.79 Å². The molecule has 0 saturated carbocycles. The van der Waals surface area contributed by atoms with Crippen LogP contribution < -0.4 is 15.4 Å². The zero-order chi connectivity index (χ0) is 18.5. The van der Waals surface area contributed by atoms with E-state index in [1.165, 1.54) is 18.4 Å². The van der Waals surface area contributed by atoms with Crippen LogP contribution in [0.5, 0.6) is 5.75 Å². The number of carbonyl (C=O) groups is 1. The average Bonchev–Trinajstić information content (AvgIpc) is 3.01. The van der Waals surface area contributed by atoms with E-state index in [-0.39, 0.29) is 12.3 Å². The number of hydrogen-bond acceptors (Lipinski definition) is 5. The van der Waals surface area contributed by atoms with Gasteiger partial charge in [0.1, 0.15) is 5.75 Å². The molecule has 8 heteroatoms. The molecule has 0 aliphatic carbocycles. The second kappa shape index (κ2) is 8.40. The number of anilines is 3. The highest BCUT2D eigenvalue weighted by Crippen LogP contribution is 2.28. The summed E-state index contributed by atoms with van der Waals surface area (Å²) in [5.74, 6) is 0.342. The van der Waals surface area contributed by atoms with Crippen LogP contribution in [0.4, 0.5) is 16.5 Å². The molecule has 0 unspecified atom stereocenters. The molecule has 3 aromatic rings. The van der Waals surface area contributed by atoms with Crippen molar-refractivity contribution in [2.75, 3.05) is 17.7 Å². The van der Waals surface area contributed by atoms with Crippen molar-refractivity contribution in [3.63, 3.8) is 0 Å². The van der Waals surface area contributed by atoms with Gasteiger partial charge in [-0.25, -0.2) is 4.98 Å². The first kappa shape index (κ1) is 18.5. The Balaban J connectivity index is 1.64. The van der Waals surface area contributed by atoms with E-state index in [0.717, 1.165) is 5.69 Å². The number of thiazole rings is 1. The lowest BCUT2D eigenvalue weighted by molar-refractivity contribution is -0.115. The third kappa shape index (κ3) is 4.88. The smallest absolute Gasteiger partial charge is 0.230 e. The fourth-order valence-corrected chi connectivity index (χ4v) is 3.36. The van der Waals surface area contributed by atoms with Crippen LogP contribution in [0, 0.1) is 0 Å². The predicted octanol–water partition coefficient (Wildman–Crippen LogP) is 5.38. The summed E-state index contributed by atoms with van der Waals surface area (Å²) in [6.07, 6.45) is 0.142. The van der Waals surface area contributed by atoms with Crippen molar-refractivity contribution in [3.8, 4) is 5.75 Å². The SMILES string of the molecule is COc1ccc(Cl)cc1NC(=O)Cc1csc(Nc2cccc(Cl)c2)n1. The van der Waals surface area contributed by atoms with Gasteiger partial charge in [0, 0.05) is 21.1 Å². The number of hydrogen-bond donors (Lipinski definition) is 2. The second-order valence-corrected chi connectivity index (χ2v) is 7.08. The van der Waals surface area contributed by atoms with Crippen LogP contribution in [0.2, 0.25) is 10.0 Å². The molecule has 0 radical (unpaired) electrons. The monoisotopic (exact) mass is 407 g/mol. The van der Waals surface area contributed by atoms with Crippen LogP contribution in [0.3, 0.4) is 0 Å². The number of benzene rings is 2. The van der Waals surface area contributed by atoms with Gasteiger partial charge in [-0.2, -0.15) is 0 Å². The van der Waals surface area contributed by atoms with Crippen molar-refractivity contribution in [2.24, 2.45) is 0 Å². The maximum atomic E-state index is 12.3. The molecular formula is C18H15Cl2N3O2S. The highest BCUT2D eigenvalue weighted by atomic mass is 35.5. The van der Waals surface area contributed by atoms with Crippen LogP contribution in [0.15, 0.2) is 47.8 Å². The molecule has 1 amide bonds. The standard InChI is InChI=1S/C18H15Cl2N3O2S/c1-25-16-6-5-12(20)8-15(16)23-17(24)9-14-10-26-18(22-14)21-13-4-2-3-11(19)7-13/h2-8,10H,9H2,1H3,(H,21,22)(H,23,24). The van der Waals surface area contributed by atoms with Gasteiger partial charge in [-0.15, -0.1) is 11.3 Å². The third-order valence-electron chi connectivity index (χ3n) is 3.40. The molecule has 0 fully saturated rings. The summed E-state index contributed by atoms with van der Waals surface area (Å²) in [5, 5.41) is 9.65. The van der Waals surface area contributed by atoms with E-state index in [1.54, 1.807) is 30.3 Å². The minimum atomic E-state index is -0.204. The highest BCUT2D eigenvalue weighted by Gasteiger charge is 2.11. The zero-order valence-corrected chi connectivity index (χ0v) is 16.1. The molecule has 1 aromatic heterocycles. The Morgan fingerprint density at radius 1 is 1.19 bits per heavy atom. The molecule has 0 aliphatic heterocycles. The molecule has 3 rings (SSSR count). The molecule has 0 spiro atoms. The predicted molar refractivity (Wildman–Crippen MR) is 107 cm³/mol. The number of nitrogens with one attached hydrogen (secondary N) is 2. The Hall–Kier alpha value is -2.28. The van der Waals surface area contributed by atoms with Gasteiger partial charge >= 0.3 is 0 Å². The maximum Gasteiger partial charge on any atom is 0.230 e. The Kier molecular flexibility index (Phi) is 5.98. The van der Waals surface area contributed by atoms with Crippen LogP contribution in [-0.2, 0) is 11.2 Å². The molecule has 2 aromatic carbocycles. The van der Waals surface area contributed by atoms with E-state index in [0.29, 0.717) is 32.3 Å². The largest absolute Gasteiger partial charge is 0.495 e. The summed E-state index contributed by atoms with van der Waals surface area (Å²) in [6, 6.07) is 12.4. The van der Waals surface area contributed by atoms with E-state index >= 15 is 0 Å². The fourth-order valence-electron chi connectivity index (χ4n) is 2.27. The van der Waals surface area contributed by atoms with E-state index in [2.05, 4.69) is 15.6 Å². The lowest BCUT2D eigenvalue weighted by Crippen LogP contribution is -2.15. The van der Waals surface area contributed by atoms with Gasteiger partial charge in [0.05, 0.1) is 24.9 Å². The lowest BCUT2D eigenvalue weighted by Gasteiger charge is -2.10. The second-order valence-electron chi connectivity index (χ2n) is 5.35. The topological polar surface area (TPSA) is 63.2 Å². The van der Waals surface area contributed by atoms with Gasteiger partial charge < -0.3 is 15.4 Å². The molecule has 0 aliphatic rings. The summed E-state index contributed by atoms with van der Waals surface area (Å²) < 4.78 is 5.22. The number of nitrogens with zero attached hydrogens (tertiary/aromatic N) is 1. The number of ether oxygens (including phenoxy) is 1. The molecule has 26 heavy (non-hydrogen) atoms. The number of carbonyl (C=O) groups excluding carboxylic acids is 1. The van der Waals surface area contributed by atoms with E-state index in [1.807, 2.05) is 17.5 Å². The van der Waals surface area contributed by atoms with E-state index in [4.69, 9.17) is 27.9 Å². The lowest BCUT2D eigenvalue weighted by atomic mass is 10.2. The number of methoxy groups -OCH3 is 1. The first-order chi connectivity index (χ1) is 12.5. The Labute approximate surface area is 164 Å². The van der Waals surface area contributed by atoms with Crippen molar-refractivity contribution < 1.29 is 9.53 Å². The number of amides is 1. The number of rotatable bonds is 6. The van der Waals surface area contributed by atoms with Crippen molar-refractivity contribution in [2.45, 2.75) is 6.42 Å². The molecule has 0 saturated heterocycles. The number of halogens is 2. The maximum absolute atomic E-state index is 12.3. The van der Waals surface area contributed by atoms with Crippen LogP contribution in [-0.4, -0.2) is 18.0 Å². The Morgan fingerprint density at radius 2 is 2.00 bits per heavy atom. The summed E-state index contributed by atoms with van der Waals surface area (Å²) in [6.45, 7) is 0. The van der Waals surface area contributed by atoms with Gasteiger partial charge in [0.25, 0.3) is 0 Å². The molecule has 1 heterocycles. The third-order valence-corrected chi connectivity index (χ3v) is 4.68. The minimum absolute atomic E-state index is 0.142. The summed E-state index contributed by atoms with van der Waals surface area (Å²) >= 11 is 13.4.